The van der Waals surface area contributed by atoms with Crippen LogP contribution in [0.1, 0.15) is 37.3 Å². The molecule has 1 saturated carbocycles. The highest BCUT2D eigenvalue weighted by molar-refractivity contribution is 5.31. The van der Waals surface area contributed by atoms with Crippen molar-refractivity contribution in [2.75, 3.05) is 0 Å². The summed E-state index contributed by atoms with van der Waals surface area (Å²) in [6.07, 6.45) is -0.755. The monoisotopic (exact) mass is 277 g/mol. The Morgan fingerprint density at radius 2 is 1.84 bits per heavy atom. The molecule has 19 heavy (non-hydrogen) atoms. The fraction of sp³-hybridized carbons (Fsp3) is 0.538. The summed E-state index contributed by atoms with van der Waals surface area (Å²) in [5, 5.41) is 0. The second-order valence-electron chi connectivity index (χ2n) is 4.81. The van der Waals surface area contributed by atoms with Crippen molar-refractivity contribution in [1.82, 2.24) is 0 Å². The summed E-state index contributed by atoms with van der Waals surface area (Å²) in [5.41, 5.74) is 6.53. The minimum Gasteiger partial charge on any atom is -0.403 e. The predicted molar refractivity (Wildman–Crippen MR) is 62.0 cm³/mol. The van der Waals surface area contributed by atoms with Crippen LogP contribution in [0.3, 0.4) is 0 Å². The number of benzene rings is 1. The van der Waals surface area contributed by atoms with Gasteiger partial charge in [-0.2, -0.15) is 0 Å². The lowest BCUT2D eigenvalue weighted by Crippen LogP contribution is -2.20. The quantitative estimate of drug-likeness (QED) is 0.850. The Hall–Kier alpha value is -1.30. The molecule has 106 valence electrons. The molecule has 0 heterocycles. The van der Waals surface area contributed by atoms with Gasteiger partial charge in [0.2, 0.25) is 0 Å². The number of ether oxygens (including phenoxy) is 1. The topological polar surface area (TPSA) is 35.2 Å². The van der Waals surface area contributed by atoms with Gasteiger partial charge in [-0.3, -0.25) is 0 Å². The van der Waals surface area contributed by atoms with E-state index < -0.39 is 17.9 Å². The Labute approximate surface area is 108 Å². The molecule has 2 rings (SSSR count). The number of halogens is 4. The number of hydrogen-bond donors (Lipinski definition) is 1. The zero-order chi connectivity index (χ0) is 14.0. The first-order valence-electron chi connectivity index (χ1n) is 6.17. The minimum atomic E-state index is -4.89. The van der Waals surface area contributed by atoms with Gasteiger partial charge >= 0.3 is 6.36 Å². The van der Waals surface area contributed by atoms with Crippen LogP contribution in [0.2, 0.25) is 0 Å². The third-order valence-corrected chi connectivity index (χ3v) is 3.47. The van der Waals surface area contributed by atoms with Crippen LogP contribution in [0.4, 0.5) is 17.6 Å². The summed E-state index contributed by atoms with van der Waals surface area (Å²) in [5.74, 6) is -1.59. The van der Waals surface area contributed by atoms with Crippen molar-refractivity contribution in [2.24, 2.45) is 11.7 Å². The van der Waals surface area contributed by atoms with Crippen LogP contribution in [0.5, 0.6) is 5.75 Å². The molecule has 0 spiro atoms. The van der Waals surface area contributed by atoms with Gasteiger partial charge in [-0.1, -0.05) is 18.9 Å². The molecule has 1 aromatic rings. The van der Waals surface area contributed by atoms with Gasteiger partial charge in [-0.25, -0.2) is 4.39 Å². The molecule has 1 atom stereocenters. The van der Waals surface area contributed by atoms with E-state index in [1.54, 1.807) is 0 Å². The number of alkyl halides is 3. The summed E-state index contributed by atoms with van der Waals surface area (Å²) >= 11 is 0. The van der Waals surface area contributed by atoms with Crippen LogP contribution in [0.15, 0.2) is 18.2 Å². The van der Waals surface area contributed by atoms with Crippen molar-refractivity contribution in [3.05, 3.63) is 29.6 Å². The molecule has 0 amide bonds. The first kappa shape index (κ1) is 14.1. The molecular weight excluding hydrogens is 262 g/mol. The molecule has 2 N–H and O–H groups in total. The van der Waals surface area contributed by atoms with Crippen molar-refractivity contribution < 1.29 is 22.3 Å². The van der Waals surface area contributed by atoms with Crippen LogP contribution < -0.4 is 10.5 Å². The maximum absolute atomic E-state index is 13.5. The Bertz CT molecular complexity index is 441. The second kappa shape index (κ2) is 5.36. The van der Waals surface area contributed by atoms with Crippen molar-refractivity contribution in [2.45, 2.75) is 38.1 Å². The lowest BCUT2D eigenvalue weighted by Gasteiger charge is -2.20. The van der Waals surface area contributed by atoms with E-state index in [1.165, 1.54) is 6.07 Å². The fourth-order valence-corrected chi connectivity index (χ4v) is 2.52. The summed E-state index contributed by atoms with van der Waals surface area (Å²) < 4.78 is 53.2. The molecular formula is C13H15F4NO. The Morgan fingerprint density at radius 1 is 1.21 bits per heavy atom. The predicted octanol–water partition coefficient (Wildman–Crippen LogP) is 3.91. The van der Waals surface area contributed by atoms with Gasteiger partial charge in [-0.05, 0) is 36.5 Å². The molecule has 1 aliphatic rings. The average molecular weight is 277 g/mol. The number of hydrogen-bond acceptors (Lipinski definition) is 2. The minimum absolute atomic E-state index is 0.272. The number of nitrogens with two attached hydrogens (primary N) is 1. The molecule has 6 heteroatoms. The molecule has 0 aromatic heterocycles. The average Bonchev–Trinajstić information content (AvgIpc) is 2.82. The fourth-order valence-electron chi connectivity index (χ4n) is 2.52. The molecule has 0 aliphatic heterocycles. The lowest BCUT2D eigenvalue weighted by atomic mass is 9.92. The molecule has 1 fully saturated rings. The van der Waals surface area contributed by atoms with Gasteiger partial charge in [0.25, 0.3) is 0 Å². The van der Waals surface area contributed by atoms with Gasteiger partial charge in [0.15, 0.2) is 11.6 Å². The number of rotatable bonds is 3. The Balaban J connectivity index is 2.13. The van der Waals surface area contributed by atoms with E-state index in [-0.39, 0.29) is 12.0 Å². The summed E-state index contributed by atoms with van der Waals surface area (Å²) in [6, 6.07) is 3.07. The first-order chi connectivity index (χ1) is 8.87. The van der Waals surface area contributed by atoms with Gasteiger partial charge in [-0.15, -0.1) is 13.2 Å². The van der Waals surface area contributed by atoms with Gasteiger partial charge in [0.05, 0.1) is 0 Å². The SMILES string of the molecule is N[C@@H](c1ccc(OC(F)(F)F)c(F)c1)C1CCCC1. The van der Waals surface area contributed by atoms with E-state index in [0.717, 1.165) is 37.8 Å². The zero-order valence-corrected chi connectivity index (χ0v) is 10.2. The van der Waals surface area contributed by atoms with Gasteiger partial charge < -0.3 is 10.5 Å². The molecule has 1 aromatic carbocycles. The highest BCUT2D eigenvalue weighted by Gasteiger charge is 2.32. The van der Waals surface area contributed by atoms with E-state index in [2.05, 4.69) is 4.74 Å². The summed E-state index contributed by atoms with van der Waals surface area (Å²) in [7, 11) is 0. The second-order valence-corrected chi connectivity index (χ2v) is 4.81. The molecule has 0 radical (unpaired) electrons. The van der Waals surface area contributed by atoms with Crippen LogP contribution in [-0.4, -0.2) is 6.36 Å². The third-order valence-electron chi connectivity index (χ3n) is 3.47. The van der Waals surface area contributed by atoms with Crippen LogP contribution in [0.25, 0.3) is 0 Å². The normalized spacial score (nSPS) is 18.6. The molecule has 1 aliphatic carbocycles. The van der Waals surface area contributed by atoms with E-state index in [4.69, 9.17) is 5.73 Å². The smallest absolute Gasteiger partial charge is 0.403 e. The highest BCUT2D eigenvalue weighted by atomic mass is 19.4. The van der Waals surface area contributed by atoms with Gasteiger partial charge in [0, 0.05) is 6.04 Å². The van der Waals surface area contributed by atoms with E-state index >= 15 is 0 Å². The molecule has 2 nitrogen and oxygen atoms in total. The third kappa shape index (κ3) is 3.59. The van der Waals surface area contributed by atoms with Crippen LogP contribution in [0, 0.1) is 11.7 Å². The van der Waals surface area contributed by atoms with Gasteiger partial charge in [0.1, 0.15) is 0 Å². The highest BCUT2D eigenvalue weighted by Crippen LogP contribution is 2.35. The van der Waals surface area contributed by atoms with Crippen LogP contribution >= 0.6 is 0 Å². The van der Waals surface area contributed by atoms with Crippen molar-refractivity contribution in [1.29, 1.82) is 0 Å². The Kier molecular flexibility index (Phi) is 3.99. The molecule has 0 bridgehead atoms. The van der Waals surface area contributed by atoms with Crippen LogP contribution in [-0.2, 0) is 0 Å². The molecule has 0 unspecified atom stereocenters. The lowest BCUT2D eigenvalue weighted by molar-refractivity contribution is -0.275. The maximum Gasteiger partial charge on any atom is 0.573 e. The van der Waals surface area contributed by atoms with Crippen molar-refractivity contribution in [3.63, 3.8) is 0 Å². The van der Waals surface area contributed by atoms with E-state index in [9.17, 15) is 17.6 Å². The van der Waals surface area contributed by atoms with Crippen molar-refractivity contribution >= 4 is 0 Å². The van der Waals surface area contributed by atoms with Crippen molar-refractivity contribution in [3.8, 4) is 5.75 Å². The summed E-state index contributed by atoms with van der Waals surface area (Å²) in [4.78, 5) is 0. The largest absolute Gasteiger partial charge is 0.573 e. The Morgan fingerprint density at radius 3 is 2.37 bits per heavy atom. The zero-order valence-electron chi connectivity index (χ0n) is 10.2. The van der Waals surface area contributed by atoms with E-state index in [1.807, 2.05) is 0 Å². The summed E-state index contributed by atoms with van der Waals surface area (Å²) in [6.45, 7) is 0. The molecule has 0 saturated heterocycles. The standard InChI is InChI=1S/C13H15F4NO/c14-10-7-9(12(18)8-3-1-2-4-8)5-6-11(10)19-13(15,16)17/h5-8,12H,1-4,18H2/t12-/m1/s1. The first-order valence-corrected chi connectivity index (χ1v) is 6.17. The van der Waals surface area contributed by atoms with E-state index in [0.29, 0.717) is 5.56 Å². The maximum atomic E-state index is 13.5.